The van der Waals surface area contributed by atoms with Gasteiger partial charge < -0.3 is 0 Å². The first-order valence-corrected chi connectivity index (χ1v) is 6.73. The van der Waals surface area contributed by atoms with Crippen LogP contribution >= 0.6 is 11.6 Å². The zero-order chi connectivity index (χ0) is 13.8. The molecule has 1 N–H and O–H groups in total. The van der Waals surface area contributed by atoms with Gasteiger partial charge in [0.1, 0.15) is 0 Å². The highest BCUT2D eigenvalue weighted by molar-refractivity contribution is 6.30. The van der Waals surface area contributed by atoms with Crippen molar-refractivity contribution in [1.82, 2.24) is 0 Å². The maximum Gasteiger partial charge on any atom is 0.0640 e. The van der Waals surface area contributed by atoms with Gasteiger partial charge in [0.25, 0.3) is 0 Å². The number of hydrogen-bond acceptors (Lipinski definition) is 2. The highest BCUT2D eigenvalue weighted by Crippen LogP contribution is 2.22. The molecule has 0 aliphatic carbocycles. The Morgan fingerprint density at radius 3 is 2.45 bits per heavy atom. The summed E-state index contributed by atoms with van der Waals surface area (Å²) in [7, 11) is 0. The van der Waals surface area contributed by atoms with Crippen molar-refractivity contribution < 1.29 is 0 Å². The molecule has 0 unspecified atom stereocenters. The van der Waals surface area contributed by atoms with Gasteiger partial charge in [0.05, 0.1) is 11.9 Å². The van der Waals surface area contributed by atoms with Crippen LogP contribution in [0.3, 0.4) is 0 Å². The van der Waals surface area contributed by atoms with Gasteiger partial charge in [-0.25, -0.2) is 0 Å². The lowest BCUT2D eigenvalue weighted by atomic mass is 10.1. The van der Waals surface area contributed by atoms with E-state index in [0.717, 1.165) is 21.7 Å². The molecule has 0 fully saturated rings. The minimum absolute atomic E-state index is 0.726. The van der Waals surface area contributed by atoms with Crippen LogP contribution in [0.2, 0.25) is 5.02 Å². The van der Waals surface area contributed by atoms with Crippen LogP contribution in [-0.2, 0) is 0 Å². The normalized spacial score (nSPS) is 11.1. The van der Waals surface area contributed by atoms with E-state index in [0.29, 0.717) is 0 Å². The largest absolute Gasteiger partial charge is 0.278 e. The maximum absolute atomic E-state index is 5.85. The van der Waals surface area contributed by atoms with Crippen LogP contribution in [-0.4, -0.2) is 6.21 Å². The van der Waals surface area contributed by atoms with Gasteiger partial charge in [0, 0.05) is 10.4 Å². The molecule has 0 spiro atoms. The third-order valence-electron chi connectivity index (χ3n) is 3.06. The van der Waals surface area contributed by atoms with Gasteiger partial charge in [0.15, 0.2) is 0 Å². The van der Waals surface area contributed by atoms with Crippen LogP contribution in [0.5, 0.6) is 0 Å². The van der Waals surface area contributed by atoms with E-state index in [1.165, 1.54) is 5.39 Å². The smallest absolute Gasteiger partial charge is 0.0640 e. The second kappa shape index (κ2) is 5.76. The molecule has 0 atom stereocenters. The topological polar surface area (TPSA) is 24.4 Å². The summed E-state index contributed by atoms with van der Waals surface area (Å²) < 4.78 is 0. The summed E-state index contributed by atoms with van der Waals surface area (Å²) in [6, 6.07) is 21.9. The Labute approximate surface area is 122 Å². The fourth-order valence-corrected chi connectivity index (χ4v) is 2.17. The van der Waals surface area contributed by atoms with Crippen molar-refractivity contribution in [3.63, 3.8) is 0 Å². The quantitative estimate of drug-likeness (QED) is 0.533. The highest BCUT2D eigenvalue weighted by Gasteiger charge is 1.97. The minimum atomic E-state index is 0.726. The van der Waals surface area contributed by atoms with Crippen LogP contribution in [0.4, 0.5) is 5.69 Å². The Bertz CT molecular complexity index is 743. The molecule has 0 saturated heterocycles. The van der Waals surface area contributed by atoms with Gasteiger partial charge in [0.2, 0.25) is 0 Å². The zero-order valence-electron chi connectivity index (χ0n) is 10.8. The molecule has 0 aromatic heterocycles. The summed E-state index contributed by atoms with van der Waals surface area (Å²) in [6.45, 7) is 0. The molecule has 0 aliphatic heterocycles. The molecular weight excluding hydrogens is 268 g/mol. The Kier molecular flexibility index (Phi) is 3.66. The fraction of sp³-hybridized carbons (Fsp3) is 0. The van der Waals surface area contributed by atoms with E-state index in [-0.39, 0.29) is 0 Å². The SMILES string of the molecule is Clc1ccc(/C=N/Nc2cccc3ccccc23)cc1. The van der Waals surface area contributed by atoms with Crippen molar-refractivity contribution in [2.75, 3.05) is 5.43 Å². The lowest BCUT2D eigenvalue weighted by Crippen LogP contribution is -1.91. The molecule has 3 heteroatoms. The van der Waals surface area contributed by atoms with Crippen LogP contribution < -0.4 is 5.43 Å². The van der Waals surface area contributed by atoms with Gasteiger partial charge >= 0.3 is 0 Å². The van der Waals surface area contributed by atoms with E-state index in [1.807, 2.05) is 48.5 Å². The van der Waals surface area contributed by atoms with Crippen LogP contribution in [0.25, 0.3) is 10.8 Å². The Morgan fingerprint density at radius 1 is 0.850 bits per heavy atom. The Balaban J connectivity index is 1.81. The molecule has 0 aliphatic rings. The van der Waals surface area contributed by atoms with Gasteiger partial charge in [-0.3, -0.25) is 5.43 Å². The average Bonchev–Trinajstić information content (AvgIpc) is 2.49. The zero-order valence-corrected chi connectivity index (χ0v) is 11.5. The second-order valence-corrected chi connectivity index (χ2v) is 4.88. The van der Waals surface area contributed by atoms with Crippen LogP contribution in [0.1, 0.15) is 5.56 Å². The van der Waals surface area contributed by atoms with Crippen molar-refractivity contribution in [2.24, 2.45) is 5.10 Å². The molecule has 0 radical (unpaired) electrons. The molecular formula is C17H13ClN2. The van der Waals surface area contributed by atoms with E-state index in [2.05, 4.69) is 28.7 Å². The summed E-state index contributed by atoms with van der Waals surface area (Å²) in [4.78, 5) is 0. The van der Waals surface area contributed by atoms with Crippen LogP contribution in [0.15, 0.2) is 71.8 Å². The van der Waals surface area contributed by atoms with Crippen molar-refractivity contribution in [3.05, 3.63) is 77.3 Å². The molecule has 98 valence electrons. The van der Waals surface area contributed by atoms with Gasteiger partial charge in [-0.05, 0) is 29.1 Å². The van der Waals surface area contributed by atoms with Crippen molar-refractivity contribution in [1.29, 1.82) is 0 Å². The first-order valence-electron chi connectivity index (χ1n) is 6.35. The summed E-state index contributed by atoms with van der Waals surface area (Å²) >= 11 is 5.85. The number of hydrogen-bond donors (Lipinski definition) is 1. The molecule has 20 heavy (non-hydrogen) atoms. The van der Waals surface area contributed by atoms with E-state index < -0.39 is 0 Å². The number of nitrogens with one attached hydrogen (secondary N) is 1. The predicted octanol–water partition coefficient (Wildman–Crippen LogP) is 4.94. The van der Waals surface area contributed by atoms with Gasteiger partial charge in [-0.1, -0.05) is 60.1 Å². The highest BCUT2D eigenvalue weighted by atomic mass is 35.5. The Hall–Kier alpha value is -2.32. The summed E-state index contributed by atoms with van der Waals surface area (Å²) in [5.74, 6) is 0. The summed E-state index contributed by atoms with van der Waals surface area (Å²) in [5.41, 5.74) is 5.08. The lowest BCUT2D eigenvalue weighted by molar-refractivity contribution is 1.36. The molecule has 3 aromatic rings. The number of rotatable bonds is 3. The van der Waals surface area contributed by atoms with Crippen LogP contribution in [0, 0.1) is 0 Å². The van der Waals surface area contributed by atoms with Crippen molar-refractivity contribution in [3.8, 4) is 0 Å². The average molecular weight is 281 g/mol. The molecule has 3 aromatic carbocycles. The van der Waals surface area contributed by atoms with E-state index in [4.69, 9.17) is 11.6 Å². The number of benzene rings is 3. The van der Waals surface area contributed by atoms with Crippen molar-refractivity contribution >= 4 is 34.3 Å². The number of hydrazone groups is 1. The van der Waals surface area contributed by atoms with E-state index in [9.17, 15) is 0 Å². The monoisotopic (exact) mass is 280 g/mol. The summed E-state index contributed by atoms with van der Waals surface area (Å²) in [5, 5.41) is 7.35. The van der Waals surface area contributed by atoms with E-state index in [1.54, 1.807) is 6.21 Å². The molecule has 0 amide bonds. The third kappa shape index (κ3) is 2.81. The standard InChI is InChI=1S/C17H13ClN2/c18-15-10-8-13(9-11-15)12-19-20-17-7-3-5-14-4-1-2-6-16(14)17/h1-12,20H/b19-12+. The first-order chi connectivity index (χ1) is 9.83. The third-order valence-corrected chi connectivity index (χ3v) is 3.31. The number of halogens is 1. The maximum atomic E-state index is 5.85. The van der Waals surface area contributed by atoms with E-state index >= 15 is 0 Å². The Morgan fingerprint density at radius 2 is 1.60 bits per heavy atom. The van der Waals surface area contributed by atoms with Crippen molar-refractivity contribution in [2.45, 2.75) is 0 Å². The molecule has 3 rings (SSSR count). The number of fused-ring (bicyclic) bond motifs is 1. The molecule has 0 heterocycles. The molecule has 0 saturated carbocycles. The lowest BCUT2D eigenvalue weighted by Gasteiger charge is -2.05. The van der Waals surface area contributed by atoms with Gasteiger partial charge in [-0.2, -0.15) is 5.10 Å². The minimum Gasteiger partial charge on any atom is -0.278 e. The second-order valence-electron chi connectivity index (χ2n) is 4.45. The first kappa shape index (κ1) is 12.7. The fourth-order valence-electron chi connectivity index (χ4n) is 2.05. The number of nitrogens with zero attached hydrogens (tertiary/aromatic N) is 1. The summed E-state index contributed by atoms with van der Waals surface area (Å²) in [6.07, 6.45) is 1.78. The number of anilines is 1. The van der Waals surface area contributed by atoms with Gasteiger partial charge in [-0.15, -0.1) is 0 Å². The predicted molar refractivity (Wildman–Crippen MR) is 86.6 cm³/mol. The molecule has 2 nitrogen and oxygen atoms in total. The molecule has 0 bridgehead atoms.